The fourth-order valence-electron chi connectivity index (χ4n) is 1.74. The Morgan fingerprint density at radius 1 is 1.43 bits per heavy atom. The molecular formula is C14H10ClN3O3. The Labute approximate surface area is 125 Å². The number of nitrogens with one attached hydrogen (secondary N) is 1. The number of carboxylic acids is 1. The molecule has 0 spiro atoms. The second kappa shape index (κ2) is 6.11. The van der Waals surface area contributed by atoms with Crippen LogP contribution in [0.3, 0.4) is 0 Å². The lowest BCUT2D eigenvalue weighted by atomic mass is 10.1. The van der Waals surface area contributed by atoms with Crippen LogP contribution in [0, 0.1) is 11.3 Å². The number of carbonyl (C=O) groups is 1. The fourth-order valence-corrected chi connectivity index (χ4v) is 1.89. The summed E-state index contributed by atoms with van der Waals surface area (Å²) in [6, 6.07) is 9.60. The molecule has 1 heterocycles. The minimum Gasteiger partial charge on any atom is -0.495 e. The number of aromatic nitrogens is 1. The van der Waals surface area contributed by atoms with Gasteiger partial charge in [0.25, 0.3) is 0 Å². The quantitative estimate of drug-likeness (QED) is 0.843. The first kappa shape index (κ1) is 14.6. The van der Waals surface area contributed by atoms with Gasteiger partial charge in [0.1, 0.15) is 34.0 Å². The molecule has 21 heavy (non-hydrogen) atoms. The number of pyridine rings is 1. The monoisotopic (exact) mass is 303 g/mol. The largest absolute Gasteiger partial charge is 0.495 e. The molecule has 0 fully saturated rings. The van der Waals surface area contributed by atoms with Crippen molar-refractivity contribution in [3.8, 4) is 11.8 Å². The number of para-hydroxylation sites is 1. The van der Waals surface area contributed by atoms with E-state index in [0.717, 1.165) is 0 Å². The molecule has 7 heteroatoms. The van der Waals surface area contributed by atoms with Gasteiger partial charge in [-0.1, -0.05) is 17.7 Å². The number of nitrogens with zero attached hydrogens (tertiary/aromatic N) is 2. The predicted molar refractivity (Wildman–Crippen MR) is 77.2 cm³/mol. The number of hydrogen-bond donors (Lipinski definition) is 2. The highest BCUT2D eigenvalue weighted by Gasteiger charge is 2.16. The van der Waals surface area contributed by atoms with Gasteiger partial charge < -0.3 is 15.2 Å². The third-order valence-corrected chi connectivity index (χ3v) is 2.91. The standard InChI is InChI=1S/C14H10ClN3O3/c1-21-10-4-2-3-8(7-16)12(10)18-13-9(14(19)20)5-6-11(15)17-13/h2-6H,1H3,(H,17,18)(H,19,20). The third-order valence-electron chi connectivity index (χ3n) is 2.70. The molecule has 6 nitrogen and oxygen atoms in total. The van der Waals surface area contributed by atoms with E-state index in [9.17, 15) is 4.79 Å². The molecular weight excluding hydrogens is 294 g/mol. The molecule has 0 amide bonds. The van der Waals surface area contributed by atoms with Crippen molar-refractivity contribution < 1.29 is 14.6 Å². The van der Waals surface area contributed by atoms with E-state index in [1.807, 2.05) is 6.07 Å². The second-order valence-corrected chi connectivity index (χ2v) is 4.34. The highest BCUT2D eigenvalue weighted by atomic mass is 35.5. The van der Waals surface area contributed by atoms with Gasteiger partial charge in [-0.25, -0.2) is 9.78 Å². The van der Waals surface area contributed by atoms with E-state index in [-0.39, 0.29) is 16.5 Å². The van der Waals surface area contributed by atoms with Crippen LogP contribution in [0.25, 0.3) is 0 Å². The van der Waals surface area contributed by atoms with Gasteiger partial charge in [0, 0.05) is 0 Å². The molecule has 0 aliphatic heterocycles. The van der Waals surface area contributed by atoms with Crippen LogP contribution in [-0.2, 0) is 0 Å². The molecule has 0 saturated heterocycles. The Bertz CT molecular complexity index is 741. The van der Waals surface area contributed by atoms with Crippen molar-refractivity contribution in [2.45, 2.75) is 0 Å². The lowest BCUT2D eigenvalue weighted by molar-refractivity contribution is 0.0697. The number of nitriles is 1. The van der Waals surface area contributed by atoms with Crippen LogP contribution >= 0.6 is 11.6 Å². The summed E-state index contributed by atoms with van der Waals surface area (Å²) in [4.78, 5) is 15.2. The Kier molecular flexibility index (Phi) is 4.26. The van der Waals surface area contributed by atoms with Crippen LogP contribution < -0.4 is 10.1 Å². The summed E-state index contributed by atoms with van der Waals surface area (Å²) in [6.07, 6.45) is 0. The third kappa shape index (κ3) is 3.04. The van der Waals surface area contributed by atoms with E-state index in [4.69, 9.17) is 26.7 Å². The number of benzene rings is 1. The summed E-state index contributed by atoms with van der Waals surface area (Å²) in [5.74, 6) is -0.724. The van der Waals surface area contributed by atoms with Crippen molar-refractivity contribution in [2.24, 2.45) is 0 Å². The minimum absolute atomic E-state index is 0.0380. The maximum absolute atomic E-state index is 11.2. The lowest BCUT2D eigenvalue weighted by Crippen LogP contribution is -2.06. The van der Waals surface area contributed by atoms with Gasteiger partial charge in [-0.05, 0) is 24.3 Å². The summed E-state index contributed by atoms with van der Waals surface area (Å²) in [7, 11) is 1.45. The van der Waals surface area contributed by atoms with Crippen molar-refractivity contribution in [3.05, 3.63) is 46.6 Å². The van der Waals surface area contributed by atoms with Crippen molar-refractivity contribution in [1.29, 1.82) is 5.26 Å². The summed E-state index contributed by atoms with van der Waals surface area (Å²) in [5, 5.41) is 21.3. The van der Waals surface area contributed by atoms with Gasteiger partial charge in [0.15, 0.2) is 0 Å². The Morgan fingerprint density at radius 2 is 2.19 bits per heavy atom. The molecule has 106 valence electrons. The average Bonchev–Trinajstić information content (AvgIpc) is 2.47. The van der Waals surface area contributed by atoms with E-state index >= 15 is 0 Å². The maximum Gasteiger partial charge on any atom is 0.339 e. The van der Waals surface area contributed by atoms with Crippen LogP contribution in [0.5, 0.6) is 5.75 Å². The molecule has 0 atom stereocenters. The SMILES string of the molecule is COc1cccc(C#N)c1Nc1nc(Cl)ccc1C(=O)O. The van der Waals surface area contributed by atoms with Gasteiger partial charge >= 0.3 is 5.97 Å². The molecule has 2 rings (SSSR count). The van der Waals surface area contributed by atoms with Crippen molar-refractivity contribution in [2.75, 3.05) is 12.4 Å². The van der Waals surface area contributed by atoms with Crippen LogP contribution in [-0.4, -0.2) is 23.2 Å². The van der Waals surface area contributed by atoms with E-state index in [0.29, 0.717) is 17.0 Å². The molecule has 1 aromatic heterocycles. The number of rotatable bonds is 4. The molecule has 0 unspecified atom stereocenters. The number of aromatic carboxylic acids is 1. The van der Waals surface area contributed by atoms with E-state index in [2.05, 4.69) is 10.3 Å². The van der Waals surface area contributed by atoms with E-state index < -0.39 is 5.97 Å². The summed E-state index contributed by atoms with van der Waals surface area (Å²) in [6.45, 7) is 0. The summed E-state index contributed by atoms with van der Waals surface area (Å²) < 4.78 is 5.17. The molecule has 0 saturated carbocycles. The molecule has 0 bridgehead atoms. The highest BCUT2D eigenvalue weighted by molar-refractivity contribution is 6.29. The minimum atomic E-state index is -1.16. The zero-order valence-corrected chi connectivity index (χ0v) is 11.7. The molecule has 2 N–H and O–H groups in total. The molecule has 1 aromatic carbocycles. The molecule has 0 radical (unpaired) electrons. The Balaban J connectivity index is 2.55. The van der Waals surface area contributed by atoms with Crippen LogP contribution in [0.4, 0.5) is 11.5 Å². The first-order valence-electron chi connectivity index (χ1n) is 5.80. The second-order valence-electron chi connectivity index (χ2n) is 3.95. The predicted octanol–water partition coefficient (Wildman–Crippen LogP) is 3.06. The van der Waals surface area contributed by atoms with Gasteiger partial charge in [-0.15, -0.1) is 0 Å². The van der Waals surface area contributed by atoms with Crippen molar-refractivity contribution in [3.63, 3.8) is 0 Å². The van der Waals surface area contributed by atoms with Crippen molar-refractivity contribution in [1.82, 2.24) is 4.98 Å². The number of ether oxygens (including phenoxy) is 1. The van der Waals surface area contributed by atoms with E-state index in [1.165, 1.54) is 19.2 Å². The number of anilines is 2. The van der Waals surface area contributed by atoms with Gasteiger partial charge in [-0.2, -0.15) is 5.26 Å². The lowest BCUT2D eigenvalue weighted by Gasteiger charge is -2.13. The van der Waals surface area contributed by atoms with Gasteiger partial charge in [0.2, 0.25) is 0 Å². The fraction of sp³-hybridized carbons (Fsp3) is 0.0714. The first-order chi connectivity index (χ1) is 10.1. The topological polar surface area (TPSA) is 95.2 Å². The molecule has 0 aliphatic rings. The zero-order chi connectivity index (χ0) is 15.4. The van der Waals surface area contributed by atoms with E-state index in [1.54, 1.807) is 18.2 Å². The Hall–Kier alpha value is -2.78. The highest BCUT2D eigenvalue weighted by Crippen LogP contribution is 2.31. The molecule has 0 aliphatic carbocycles. The first-order valence-corrected chi connectivity index (χ1v) is 6.18. The number of carboxylic acid groups (broad SMARTS) is 1. The van der Waals surface area contributed by atoms with Gasteiger partial charge in [-0.3, -0.25) is 0 Å². The van der Waals surface area contributed by atoms with Crippen molar-refractivity contribution >= 4 is 29.1 Å². The Morgan fingerprint density at radius 3 is 2.81 bits per heavy atom. The molecule has 2 aromatic rings. The smallest absolute Gasteiger partial charge is 0.339 e. The number of methoxy groups -OCH3 is 1. The summed E-state index contributed by atoms with van der Waals surface area (Å²) in [5.41, 5.74) is 0.571. The van der Waals surface area contributed by atoms with Gasteiger partial charge in [0.05, 0.1) is 12.7 Å². The van der Waals surface area contributed by atoms with Crippen LogP contribution in [0.2, 0.25) is 5.15 Å². The number of halogens is 1. The van der Waals surface area contributed by atoms with Crippen LogP contribution in [0.15, 0.2) is 30.3 Å². The van der Waals surface area contributed by atoms with Crippen LogP contribution in [0.1, 0.15) is 15.9 Å². The average molecular weight is 304 g/mol. The normalized spacial score (nSPS) is 9.76. The summed E-state index contributed by atoms with van der Waals surface area (Å²) >= 11 is 5.79. The zero-order valence-electron chi connectivity index (χ0n) is 10.9. The maximum atomic E-state index is 11.2. The number of hydrogen-bond acceptors (Lipinski definition) is 5.